The van der Waals surface area contributed by atoms with E-state index in [0.717, 1.165) is 32.7 Å². The molecule has 20 heavy (non-hydrogen) atoms. The van der Waals surface area contributed by atoms with Crippen LogP contribution in [0.3, 0.4) is 0 Å². The molecular formula is C17H26N2O. The minimum absolute atomic E-state index is 0.788. The van der Waals surface area contributed by atoms with Gasteiger partial charge in [0.2, 0.25) is 0 Å². The number of nitrogens with zero attached hydrogens (tertiary/aromatic N) is 1. The Bertz CT molecular complexity index is 519. The first-order valence-electron chi connectivity index (χ1n) is 7.63. The lowest BCUT2D eigenvalue weighted by molar-refractivity contribution is 0.199. The highest BCUT2D eigenvalue weighted by Crippen LogP contribution is 2.22. The molecule has 0 unspecified atom stereocenters. The van der Waals surface area contributed by atoms with Gasteiger partial charge in [-0.25, -0.2) is 0 Å². The molecule has 0 saturated carbocycles. The van der Waals surface area contributed by atoms with Crippen LogP contribution in [0.5, 0.6) is 0 Å². The van der Waals surface area contributed by atoms with Gasteiger partial charge in [0, 0.05) is 37.3 Å². The SMILES string of the molecule is CCCn1cc(CCCNCCOC)c2ccccc21. The Balaban J connectivity index is 1.95. The lowest BCUT2D eigenvalue weighted by Gasteiger charge is -2.03. The molecule has 0 aliphatic carbocycles. The highest BCUT2D eigenvalue weighted by atomic mass is 16.5. The molecule has 110 valence electrons. The highest BCUT2D eigenvalue weighted by Gasteiger charge is 2.06. The van der Waals surface area contributed by atoms with Gasteiger partial charge in [-0.1, -0.05) is 25.1 Å². The average Bonchev–Trinajstić information content (AvgIpc) is 2.82. The molecule has 3 nitrogen and oxygen atoms in total. The van der Waals surface area contributed by atoms with E-state index in [-0.39, 0.29) is 0 Å². The van der Waals surface area contributed by atoms with Crippen molar-refractivity contribution >= 4 is 10.9 Å². The van der Waals surface area contributed by atoms with Crippen molar-refractivity contribution in [2.75, 3.05) is 26.8 Å². The van der Waals surface area contributed by atoms with Crippen LogP contribution in [0.4, 0.5) is 0 Å². The third-order valence-electron chi connectivity index (χ3n) is 3.62. The third kappa shape index (κ3) is 3.84. The van der Waals surface area contributed by atoms with Crippen molar-refractivity contribution in [1.82, 2.24) is 9.88 Å². The van der Waals surface area contributed by atoms with Crippen molar-refractivity contribution in [3.05, 3.63) is 36.0 Å². The molecule has 1 heterocycles. The van der Waals surface area contributed by atoms with E-state index in [1.165, 1.54) is 29.3 Å². The number of para-hydroxylation sites is 1. The smallest absolute Gasteiger partial charge is 0.0587 e. The second-order valence-corrected chi connectivity index (χ2v) is 5.21. The van der Waals surface area contributed by atoms with Crippen LogP contribution in [0.2, 0.25) is 0 Å². The molecule has 2 rings (SSSR count). The van der Waals surface area contributed by atoms with Crippen molar-refractivity contribution in [2.45, 2.75) is 32.7 Å². The van der Waals surface area contributed by atoms with Crippen molar-refractivity contribution < 1.29 is 4.74 Å². The molecule has 0 spiro atoms. The number of benzene rings is 1. The second-order valence-electron chi connectivity index (χ2n) is 5.21. The predicted molar refractivity (Wildman–Crippen MR) is 85.3 cm³/mol. The molecule has 0 saturated heterocycles. The zero-order chi connectivity index (χ0) is 14.2. The Hall–Kier alpha value is -1.32. The third-order valence-corrected chi connectivity index (χ3v) is 3.62. The van der Waals surface area contributed by atoms with Crippen molar-refractivity contribution in [3.8, 4) is 0 Å². The van der Waals surface area contributed by atoms with Gasteiger partial charge in [0.15, 0.2) is 0 Å². The summed E-state index contributed by atoms with van der Waals surface area (Å²) in [4.78, 5) is 0. The van der Waals surface area contributed by atoms with E-state index in [2.05, 4.69) is 47.3 Å². The maximum atomic E-state index is 5.03. The van der Waals surface area contributed by atoms with Gasteiger partial charge in [0.05, 0.1) is 6.61 Å². The van der Waals surface area contributed by atoms with Crippen LogP contribution in [-0.2, 0) is 17.7 Å². The number of hydrogen-bond donors (Lipinski definition) is 1. The summed E-state index contributed by atoms with van der Waals surface area (Å²) in [6, 6.07) is 8.74. The van der Waals surface area contributed by atoms with Gasteiger partial charge in [-0.05, 0) is 37.4 Å². The molecule has 0 bridgehead atoms. The first-order valence-corrected chi connectivity index (χ1v) is 7.63. The summed E-state index contributed by atoms with van der Waals surface area (Å²) >= 11 is 0. The minimum atomic E-state index is 0.788. The zero-order valence-electron chi connectivity index (χ0n) is 12.7. The number of nitrogens with one attached hydrogen (secondary N) is 1. The molecule has 0 amide bonds. The molecule has 0 aliphatic heterocycles. The summed E-state index contributed by atoms with van der Waals surface area (Å²) in [6.45, 7) is 6.11. The molecule has 1 N–H and O–H groups in total. The first kappa shape index (κ1) is 15.1. The van der Waals surface area contributed by atoms with E-state index >= 15 is 0 Å². The molecule has 0 fully saturated rings. The number of aryl methyl sites for hydroxylation is 2. The summed E-state index contributed by atoms with van der Waals surface area (Å²) in [6.07, 6.45) is 5.82. The van der Waals surface area contributed by atoms with Gasteiger partial charge in [-0.15, -0.1) is 0 Å². The molecule has 1 aromatic heterocycles. The summed E-state index contributed by atoms with van der Waals surface area (Å²) in [5, 5.41) is 4.82. The van der Waals surface area contributed by atoms with Gasteiger partial charge >= 0.3 is 0 Å². The normalized spacial score (nSPS) is 11.3. The Labute approximate surface area is 121 Å². The van der Waals surface area contributed by atoms with Crippen LogP contribution in [-0.4, -0.2) is 31.4 Å². The van der Waals surface area contributed by atoms with E-state index in [9.17, 15) is 0 Å². The van der Waals surface area contributed by atoms with Crippen LogP contribution >= 0.6 is 0 Å². The number of hydrogen-bond acceptors (Lipinski definition) is 2. The van der Waals surface area contributed by atoms with E-state index < -0.39 is 0 Å². The molecule has 3 heteroatoms. The van der Waals surface area contributed by atoms with Crippen LogP contribution in [0, 0.1) is 0 Å². The van der Waals surface area contributed by atoms with E-state index in [0.29, 0.717) is 0 Å². The standard InChI is InChI=1S/C17H26N2O/c1-3-12-19-14-15(7-6-10-18-11-13-20-2)16-8-4-5-9-17(16)19/h4-5,8-9,14,18H,3,6-7,10-13H2,1-2H3. The number of methoxy groups -OCH3 is 1. The molecule has 0 atom stereocenters. The van der Waals surface area contributed by atoms with Crippen LogP contribution in [0.25, 0.3) is 10.9 Å². The molecule has 0 radical (unpaired) electrons. The zero-order valence-corrected chi connectivity index (χ0v) is 12.7. The topological polar surface area (TPSA) is 26.2 Å². The van der Waals surface area contributed by atoms with Crippen molar-refractivity contribution in [3.63, 3.8) is 0 Å². The van der Waals surface area contributed by atoms with Gasteiger partial charge in [-0.3, -0.25) is 0 Å². The lowest BCUT2D eigenvalue weighted by atomic mass is 10.1. The van der Waals surface area contributed by atoms with Crippen LogP contribution < -0.4 is 5.32 Å². The second kappa shape index (κ2) is 8.08. The minimum Gasteiger partial charge on any atom is -0.383 e. The van der Waals surface area contributed by atoms with Gasteiger partial charge in [0.1, 0.15) is 0 Å². The fourth-order valence-electron chi connectivity index (χ4n) is 2.65. The quantitative estimate of drug-likeness (QED) is 0.711. The van der Waals surface area contributed by atoms with Crippen molar-refractivity contribution in [1.29, 1.82) is 0 Å². The summed E-state index contributed by atoms with van der Waals surface area (Å²) < 4.78 is 7.42. The van der Waals surface area contributed by atoms with Crippen molar-refractivity contribution in [2.24, 2.45) is 0 Å². The maximum Gasteiger partial charge on any atom is 0.0587 e. The van der Waals surface area contributed by atoms with Crippen LogP contribution in [0.1, 0.15) is 25.3 Å². The van der Waals surface area contributed by atoms with Gasteiger partial charge < -0.3 is 14.6 Å². The molecule has 0 aliphatic rings. The Morgan fingerprint density at radius 2 is 2.05 bits per heavy atom. The first-order chi connectivity index (χ1) is 9.86. The number of ether oxygens (including phenoxy) is 1. The summed E-state index contributed by atoms with van der Waals surface area (Å²) in [5.74, 6) is 0. The Morgan fingerprint density at radius 1 is 1.20 bits per heavy atom. The van der Waals surface area contributed by atoms with Gasteiger partial charge in [0.25, 0.3) is 0 Å². The van der Waals surface area contributed by atoms with E-state index in [1.807, 2.05) is 0 Å². The molecule has 2 aromatic rings. The van der Waals surface area contributed by atoms with E-state index in [4.69, 9.17) is 4.74 Å². The fraction of sp³-hybridized carbons (Fsp3) is 0.529. The fourth-order valence-corrected chi connectivity index (χ4v) is 2.65. The predicted octanol–water partition coefficient (Wildman–Crippen LogP) is 3.22. The number of rotatable bonds is 9. The average molecular weight is 274 g/mol. The largest absolute Gasteiger partial charge is 0.383 e. The Morgan fingerprint density at radius 3 is 2.85 bits per heavy atom. The number of fused-ring (bicyclic) bond motifs is 1. The Kier molecular flexibility index (Phi) is 6.09. The maximum absolute atomic E-state index is 5.03. The lowest BCUT2D eigenvalue weighted by Crippen LogP contribution is -2.20. The molecule has 1 aromatic carbocycles. The summed E-state index contributed by atoms with van der Waals surface area (Å²) in [7, 11) is 1.74. The monoisotopic (exact) mass is 274 g/mol. The molecular weight excluding hydrogens is 248 g/mol. The highest BCUT2D eigenvalue weighted by molar-refractivity contribution is 5.83. The number of aromatic nitrogens is 1. The van der Waals surface area contributed by atoms with Gasteiger partial charge in [-0.2, -0.15) is 0 Å². The van der Waals surface area contributed by atoms with Crippen LogP contribution in [0.15, 0.2) is 30.5 Å². The summed E-state index contributed by atoms with van der Waals surface area (Å²) in [5.41, 5.74) is 2.85. The van der Waals surface area contributed by atoms with E-state index in [1.54, 1.807) is 7.11 Å².